The molecule has 0 amide bonds. The molecule has 0 aliphatic rings. The zero-order chi connectivity index (χ0) is 21.1. The third kappa shape index (κ3) is 3.41. The van der Waals surface area contributed by atoms with Gasteiger partial charge in [0.25, 0.3) is 0 Å². The summed E-state index contributed by atoms with van der Waals surface area (Å²) in [6.45, 7) is 0. The first-order valence-electron chi connectivity index (χ1n) is 7.07. The van der Waals surface area contributed by atoms with Gasteiger partial charge >= 0.3 is 18.5 Å². The van der Waals surface area contributed by atoms with Crippen molar-refractivity contribution in [2.75, 3.05) is 5.73 Å². The van der Waals surface area contributed by atoms with Crippen molar-refractivity contribution in [2.45, 2.75) is 18.5 Å². The fraction of sp³-hybridized carbons (Fsp3) is 0.214. The first-order chi connectivity index (χ1) is 12.7. The molecule has 0 saturated heterocycles. The molecule has 0 atom stereocenters. The van der Waals surface area contributed by atoms with Gasteiger partial charge in [0.05, 0.1) is 22.8 Å². The predicted molar refractivity (Wildman–Crippen MR) is 76.1 cm³/mol. The maximum absolute atomic E-state index is 13.2. The highest BCUT2D eigenvalue weighted by Crippen LogP contribution is 2.40. The van der Waals surface area contributed by atoms with E-state index in [9.17, 15) is 39.5 Å². The van der Waals surface area contributed by atoms with E-state index in [2.05, 4.69) is 15.1 Å². The Balaban J connectivity index is 2.25. The number of aromatic nitrogens is 4. The van der Waals surface area contributed by atoms with Crippen LogP contribution in [0.15, 0.2) is 24.4 Å². The average Bonchev–Trinajstić information content (AvgIpc) is 2.89. The Morgan fingerprint density at radius 3 is 1.89 bits per heavy atom. The number of fused-ring (bicyclic) bond motifs is 1. The minimum Gasteiger partial charge on any atom is -0.383 e. The van der Waals surface area contributed by atoms with Crippen LogP contribution in [0, 0.1) is 0 Å². The molecule has 0 saturated carbocycles. The molecule has 0 spiro atoms. The number of anilines is 1. The first kappa shape index (κ1) is 19.7. The van der Waals surface area contributed by atoms with E-state index in [-0.39, 0.29) is 11.8 Å². The number of rotatable bonds is 1. The lowest BCUT2D eigenvalue weighted by Gasteiger charge is -2.11. The van der Waals surface area contributed by atoms with Crippen molar-refractivity contribution in [2.24, 2.45) is 0 Å². The molecular weight excluding hydrogens is 409 g/mol. The third-order valence-electron chi connectivity index (χ3n) is 3.53. The monoisotopic (exact) mass is 415 g/mol. The van der Waals surface area contributed by atoms with Gasteiger partial charge in [-0.15, -0.1) is 0 Å². The Morgan fingerprint density at radius 1 is 0.821 bits per heavy atom. The van der Waals surface area contributed by atoms with E-state index in [4.69, 9.17) is 5.73 Å². The Morgan fingerprint density at radius 2 is 1.43 bits per heavy atom. The number of hydrogen-bond acceptors (Lipinski definition) is 4. The standard InChI is InChI=1S/C14H6F9N5/c15-12(16,17)7-2-1-5(4-25-7)28-11(24)9-6(27-28)3-8(13(18,19)20)26-10(9)14(21,22)23/h1-4H,24H2. The smallest absolute Gasteiger partial charge is 0.383 e. The molecule has 3 aromatic heterocycles. The molecule has 3 rings (SSSR count). The SMILES string of the molecule is Nc1c2c(C(F)(F)F)nc(C(F)(F)F)cc2nn1-c1ccc(C(F)(F)F)nc1. The highest BCUT2D eigenvalue weighted by molar-refractivity contribution is 5.92. The number of nitrogens with two attached hydrogens (primary N) is 1. The lowest BCUT2D eigenvalue weighted by atomic mass is 10.2. The van der Waals surface area contributed by atoms with Gasteiger partial charge in [-0.3, -0.25) is 0 Å². The molecule has 14 heteroatoms. The van der Waals surface area contributed by atoms with E-state index in [0.717, 1.165) is 6.07 Å². The molecule has 3 aromatic rings. The summed E-state index contributed by atoms with van der Waals surface area (Å²) < 4.78 is 116. The van der Waals surface area contributed by atoms with E-state index in [1.165, 1.54) is 0 Å². The number of halogens is 9. The van der Waals surface area contributed by atoms with Gasteiger partial charge in [0.2, 0.25) is 0 Å². The second-order valence-electron chi connectivity index (χ2n) is 5.44. The van der Waals surface area contributed by atoms with Gasteiger partial charge in [-0.1, -0.05) is 0 Å². The van der Waals surface area contributed by atoms with E-state index in [1.807, 2.05) is 0 Å². The minimum atomic E-state index is -5.29. The normalized spacial score (nSPS) is 13.3. The van der Waals surface area contributed by atoms with Crippen LogP contribution >= 0.6 is 0 Å². The lowest BCUT2D eigenvalue weighted by molar-refractivity contribution is -0.149. The van der Waals surface area contributed by atoms with E-state index < -0.39 is 52.3 Å². The number of nitrogen functional groups attached to an aromatic ring is 1. The second-order valence-corrected chi connectivity index (χ2v) is 5.44. The van der Waals surface area contributed by atoms with Crippen molar-refractivity contribution in [3.63, 3.8) is 0 Å². The van der Waals surface area contributed by atoms with Gasteiger partial charge in [0.15, 0.2) is 5.69 Å². The van der Waals surface area contributed by atoms with Crippen molar-refractivity contribution >= 4 is 16.7 Å². The third-order valence-corrected chi connectivity index (χ3v) is 3.53. The van der Waals surface area contributed by atoms with Crippen LogP contribution in [0.4, 0.5) is 45.3 Å². The van der Waals surface area contributed by atoms with Crippen LogP contribution < -0.4 is 5.73 Å². The Bertz CT molecular complexity index is 1030. The van der Waals surface area contributed by atoms with Crippen LogP contribution in [0.3, 0.4) is 0 Å². The van der Waals surface area contributed by atoms with Crippen LogP contribution in [0.2, 0.25) is 0 Å². The van der Waals surface area contributed by atoms with Gasteiger partial charge in [0.1, 0.15) is 17.2 Å². The summed E-state index contributed by atoms with van der Waals surface area (Å²) in [7, 11) is 0. The Labute approximate surface area is 148 Å². The summed E-state index contributed by atoms with van der Waals surface area (Å²) in [5.41, 5.74) is -0.542. The predicted octanol–water partition coefficient (Wildman–Crippen LogP) is 4.45. The van der Waals surface area contributed by atoms with Crippen LogP contribution in [-0.4, -0.2) is 19.7 Å². The van der Waals surface area contributed by atoms with Crippen molar-refractivity contribution < 1.29 is 39.5 Å². The molecule has 0 bridgehead atoms. The van der Waals surface area contributed by atoms with Gasteiger partial charge in [-0.2, -0.15) is 44.6 Å². The summed E-state index contributed by atoms with van der Waals surface area (Å²) in [4.78, 5) is 5.72. The molecule has 5 nitrogen and oxygen atoms in total. The number of pyridine rings is 2. The summed E-state index contributed by atoms with van der Waals surface area (Å²) in [6, 6.07) is 1.59. The zero-order valence-corrected chi connectivity index (χ0v) is 13.1. The molecule has 0 aromatic carbocycles. The summed E-state index contributed by atoms with van der Waals surface area (Å²) in [5, 5.41) is 2.64. The molecule has 0 unspecified atom stereocenters. The van der Waals surface area contributed by atoms with Gasteiger partial charge in [-0.05, 0) is 18.2 Å². The second kappa shape index (κ2) is 5.97. The molecule has 0 aliphatic heterocycles. The van der Waals surface area contributed by atoms with Crippen molar-refractivity contribution in [3.05, 3.63) is 41.5 Å². The fourth-order valence-corrected chi connectivity index (χ4v) is 2.36. The Kier molecular flexibility index (Phi) is 4.20. The van der Waals surface area contributed by atoms with Gasteiger partial charge in [-0.25, -0.2) is 14.6 Å². The van der Waals surface area contributed by atoms with Crippen molar-refractivity contribution in [3.8, 4) is 5.69 Å². The van der Waals surface area contributed by atoms with Crippen molar-refractivity contribution in [1.29, 1.82) is 0 Å². The highest BCUT2D eigenvalue weighted by Gasteiger charge is 2.41. The topological polar surface area (TPSA) is 69.6 Å². The molecule has 2 N–H and O–H groups in total. The van der Waals surface area contributed by atoms with E-state index in [0.29, 0.717) is 16.9 Å². The van der Waals surface area contributed by atoms with E-state index in [1.54, 1.807) is 0 Å². The minimum absolute atomic E-state index is 0.259. The molecule has 0 radical (unpaired) electrons. The summed E-state index contributed by atoms with van der Waals surface area (Å²) >= 11 is 0. The molecule has 0 aliphatic carbocycles. The molecule has 28 heavy (non-hydrogen) atoms. The summed E-state index contributed by atoms with van der Waals surface area (Å²) in [6.07, 6.45) is -14.6. The van der Waals surface area contributed by atoms with Crippen LogP contribution in [-0.2, 0) is 18.5 Å². The zero-order valence-electron chi connectivity index (χ0n) is 13.1. The number of nitrogens with zero attached hydrogens (tertiary/aromatic N) is 4. The maximum atomic E-state index is 13.2. The quantitative estimate of drug-likeness (QED) is 0.597. The highest BCUT2D eigenvalue weighted by atomic mass is 19.4. The van der Waals surface area contributed by atoms with Gasteiger partial charge < -0.3 is 5.73 Å². The molecule has 150 valence electrons. The number of hydrogen-bond donors (Lipinski definition) is 1. The molecule has 3 heterocycles. The van der Waals surface area contributed by atoms with Crippen LogP contribution in [0.25, 0.3) is 16.6 Å². The molecule has 0 fully saturated rings. The van der Waals surface area contributed by atoms with Crippen molar-refractivity contribution in [1.82, 2.24) is 19.7 Å². The maximum Gasteiger partial charge on any atom is 0.434 e. The largest absolute Gasteiger partial charge is 0.434 e. The van der Waals surface area contributed by atoms with E-state index >= 15 is 0 Å². The number of alkyl halides is 9. The molecular formula is C14H6F9N5. The van der Waals surface area contributed by atoms with Crippen LogP contribution in [0.5, 0.6) is 0 Å². The summed E-state index contributed by atoms with van der Waals surface area (Å²) in [5.74, 6) is -0.759. The van der Waals surface area contributed by atoms with Gasteiger partial charge in [0, 0.05) is 0 Å². The average molecular weight is 415 g/mol. The fourth-order valence-electron chi connectivity index (χ4n) is 2.36. The lowest BCUT2D eigenvalue weighted by Crippen LogP contribution is -2.15. The van der Waals surface area contributed by atoms with Crippen LogP contribution in [0.1, 0.15) is 17.1 Å². The first-order valence-corrected chi connectivity index (χ1v) is 7.07. The Hall–Kier alpha value is -3.06.